The van der Waals surface area contributed by atoms with E-state index in [1.54, 1.807) is 0 Å². The highest BCUT2D eigenvalue weighted by molar-refractivity contribution is 5.85. The molecule has 0 aliphatic rings. The van der Waals surface area contributed by atoms with Crippen LogP contribution in [0.3, 0.4) is 0 Å². The van der Waals surface area contributed by atoms with Gasteiger partial charge in [-0.25, -0.2) is 0 Å². The largest absolute Gasteiger partial charge is 0.327 e. The number of hydrogen-bond donors (Lipinski definition) is 1. The maximum atomic E-state index is 6.03. The molecule has 2 N–H and O–H groups in total. The van der Waals surface area contributed by atoms with E-state index in [0.29, 0.717) is 0 Å². The van der Waals surface area contributed by atoms with Gasteiger partial charge in [-0.2, -0.15) is 0 Å². The van der Waals surface area contributed by atoms with Crippen LogP contribution in [0.25, 0.3) is 0 Å². The molecule has 0 unspecified atom stereocenters. The highest BCUT2D eigenvalue weighted by atomic mass is 35.5. The van der Waals surface area contributed by atoms with E-state index in [0.717, 1.165) is 0 Å². The average molecular weight is 180 g/mol. The molecule has 0 aromatic carbocycles. The van der Waals surface area contributed by atoms with Crippen molar-refractivity contribution in [2.45, 2.75) is 47.6 Å². The van der Waals surface area contributed by atoms with Crippen molar-refractivity contribution in [1.29, 1.82) is 0 Å². The van der Waals surface area contributed by atoms with E-state index in [9.17, 15) is 0 Å². The molecule has 0 aliphatic carbocycles. The minimum absolute atomic E-state index is 0. The van der Waals surface area contributed by atoms with Gasteiger partial charge in [0.25, 0.3) is 0 Å². The van der Waals surface area contributed by atoms with Gasteiger partial charge >= 0.3 is 0 Å². The lowest BCUT2D eigenvalue weighted by atomic mass is 9.73. The topological polar surface area (TPSA) is 26.0 Å². The molecule has 1 nitrogen and oxygen atoms in total. The summed E-state index contributed by atoms with van der Waals surface area (Å²) >= 11 is 0. The van der Waals surface area contributed by atoms with Gasteiger partial charge in [-0.1, -0.05) is 41.5 Å². The fraction of sp³-hybridized carbons (Fsp3) is 1.00. The number of nitrogens with two attached hydrogens (primary N) is 1. The van der Waals surface area contributed by atoms with Crippen molar-refractivity contribution in [2.75, 3.05) is 0 Å². The maximum Gasteiger partial charge on any atom is 0.0137 e. The summed E-state index contributed by atoms with van der Waals surface area (Å²) in [4.78, 5) is 0. The molecule has 0 saturated heterocycles. The Hall–Kier alpha value is 0.250. The minimum atomic E-state index is 0. The first kappa shape index (κ1) is 13.8. The van der Waals surface area contributed by atoms with Crippen molar-refractivity contribution >= 4 is 12.4 Å². The molecule has 70 valence electrons. The van der Waals surface area contributed by atoms with Gasteiger partial charge in [0.15, 0.2) is 0 Å². The first-order valence-corrected chi connectivity index (χ1v) is 3.91. The Labute approximate surface area is 77.2 Å². The van der Waals surface area contributed by atoms with Gasteiger partial charge in [-0.15, -0.1) is 12.4 Å². The highest BCUT2D eigenvalue weighted by Crippen LogP contribution is 2.30. The molecule has 0 fully saturated rings. The Bertz CT molecular complexity index is 93.7. The summed E-state index contributed by atoms with van der Waals surface area (Å²) in [5.41, 5.74) is 6.47. The number of rotatable bonds is 0. The molecular weight excluding hydrogens is 158 g/mol. The van der Waals surface area contributed by atoms with Crippen molar-refractivity contribution < 1.29 is 0 Å². The molecule has 0 saturated carbocycles. The van der Waals surface area contributed by atoms with Crippen LogP contribution in [-0.2, 0) is 0 Å². The van der Waals surface area contributed by atoms with Crippen LogP contribution in [0.4, 0.5) is 0 Å². The van der Waals surface area contributed by atoms with E-state index < -0.39 is 0 Å². The smallest absolute Gasteiger partial charge is 0.0137 e. The van der Waals surface area contributed by atoms with Crippen LogP contribution in [0.15, 0.2) is 0 Å². The first-order chi connectivity index (χ1) is 4.15. The van der Waals surface area contributed by atoms with Gasteiger partial charge in [0.05, 0.1) is 0 Å². The normalized spacial score (nSPS) is 13.1. The number of hydrogen-bond acceptors (Lipinski definition) is 1. The highest BCUT2D eigenvalue weighted by Gasteiger charge is 2.30. The van der Waals surface area contributed by atoms with Gasteiger partial charge in [0, 0.05) is 6.04 Å². The second-order valence-electron chi connectivity index (χ2n) is 5.21. The summed E-state index contributed by atoms with van der Waals surface area (Å²) in [6.45, 7) is 13.1. The third-order valence-electron chi connectivity index (χ3n) is 1.87. The van der Waals surface area contributed by atoms with E-state index in [-0.39, 0.29) is 29.3 Å². The van der Waals surface area contributed by atoms with E-state index >= 15 is 0 Å². The average Bonchev–Trinajstić information content (AvgIpc) is 1.59. The Morgan fingerprint density at radius 3 is 1.00 bits per heavy atom. The summed E-state index contributed by atoms with van der Waals surface area (Å²) in [6.07, 6.45) is 0. The van der Waals surface area contributed by atoms with Crippen LogP contribution >= 0.6 is 12.4 Å². The summed E-state index contributed by atoms with van der Waals surface area (Å²) in [6, 6.07) is 0.264. The predicted octanol–water partition coefficient (Wildman–Crippen LogP) is 2.83. The van der Waals surface area contributed by atoms with Crippen molar-refractivity contribution in [3.8, 4) is 0 Å². The van der Waals surface area contributed by atoms with Crippen LogP contribution in [0.5, 0.6) is 0 Å². The van der Waals surface area contributed by atoms with Crippen molar-refractivity contribution in [3.63, 3.8) is 0 Å². The van der Waals surface area contributed by atoms with Crippen molar-refractivity contribution in [3.05, 3.63) is 0 Å². The zero-order valence-electron chi connectivity index (χ0n) is 8.56. The summed E-state index contributed by atoms with van der Waals surface area (Å²) in [7, 11) is 0. The van der Waals surface area contributed by atoms with Crippen LogP contribution in [0.1, 0.15) is 41.5 Å². The second kappa shape index (κ2) is 3.77. The quantitative estimate of drug-likeness (QED) is 0.608. The Kier molecular flexibility index (Phi) is 4.74. The standard InChI is InChI=1S/C9H21N.ClH/c1-8(2,3)7(10)9(4,5)6;/h7H,10H2,1-6H3;1H. The number of halogens is 1. The molecule has 11 heavy (non-hydrogen) atoms. The van der Waals surface area contributed by atoms with Gasteiger partial charge in [0.2, 0.25) is 0 Å². The first-order valence-electron chi connectivity index (χ1n) is 3.91. The second-order valence-corrected chi connectivity index (χ2v) is 5.21. The lowest BCUT2D eigenvalue weighted by Crippen LogP contribution is -2.45. The predicted molar refractivity (Wildman–Crippen MR) is 54.1 cm³/mol. The zero-order chi connectivity index (χ0) is 8.58. The van der Waals surface area contributed by atoms with E-state index in [1.165, 1.54) is 0 Å². The molecule has 0 aliphatic heterocycles. The zero-order valence-corrected chi connectivity index (χ0v) is 9.38. The van der Waals surface area contributed by atoms with Crippen LogP contribution < -0.4 is 5.73 Å². The molecule has 0 aromatic rings. The van der Waals surface area contributed by atoms with Gasteiger partial charge < -0.3 is 5.73 Å². The Morgan fingerprint density at radius 1 is 0.818 bits per heavy atom. The van der Waals surface area contributed by atoms with E-state index in [1.807, 2.05) is 0 Å². The molecule has 0 amide bonds. The van der Waals surface area contributed by atoms with E-state index in [4.69, 9.17) is 5.73 Å². The minimum Gasteiger partial charge on any atom is -0.327 e. The van der Waals surface area contributed by atoms with Gasteiger partial charge in [0.1, 0.15) is 0 Å². The monoisotopic (exact) mass is 179 g/mol. The van der Waals surface area contributed by atoms with Gasteiger partial charge in [-0.3, -0.25) is 0 Å². The molecule has 0 heterocycles. The fourth-order valence-corrected chi connectivity index (χ4v) is 1.30. The van der Waals surface area contributed by atoms with Crippen molar-refractivity contribution in [1.82, 2.24) is 0 Å². The van der Waals surface area contributed by atoms with Crippen LogP contribution in [0.2, 0.25) is 0 Å². The SMILES string of the molecule is CC(C)(C)C(N)C(C)(C)C.Cl. The van der Waals surface area contributed by atoms with Crippen LogP contribution in [-0.4, -0.2) is 6.04 Å². The summed E-state index contributed by atoms with van der Waals surface area (Å²) in [5, 5.41) is 0. The lowest BCUT2D eigenvalue weighted by molar-refractivity contribution is 0.180. The van der Waals surface area contributed by atoms with E-state index in [2.05, 4.69) is 41.5 Å². The third kappa shape index (κ3) is 4.65. The Morgan fingerprint density at radius 2 is 1.00 bits per heavy atom. The molecule has 0 rings (SSSR count). The Balaban J connectivity index is 0. The molecule has 0 bridgehead atoms. The van der Waals surface area contributed by atoms with Crippen LogP contribution in [0, 0.1) is 10.8 Å². The fourth-order valence-electron chi connectivity index (χ4n) is 1.30. The summed E-state index contributed by atoms with van der Waals surface area (Å²) < 4.78 is 0. The maximum absolute atomic E-state index is 6.03. The molecule has 0 aromatic heterocycles. The molecule has 0 spiro atoms. The summed E-state index contributed by atoms with van der Waals surface area (Å²) in [5.74, 6) is 0. The lowest BCUT2D eigenvalue weighted by Gasteiger charge is -2.37. The molecular formula is C9H22ClN. The molecule has 2 heteroatoms. The van der Waals surface area contributed by atoms with Crippen molar-refractivity contribution in [2.24, 2.45) is 16.6 Å². The molecule has 0 atom stereocenters. The third-order valence-corrected chi connectivity index (χ3v) is 1.87. The van der Waals surface area contributed by atoms with Gasteiger partial charge in [-0.05, 0) is 10.8 Å². The molecule has 0 radical (unpaired) electrons.